The summed E-state index contributed by atoms with van der Waals surface area (Å²) >= 11 is 5.94. The molecule has 1 amide bonds. The zero-order valence-electron chi connectivity index (χ0n) is 16.2. The van der Waals surface area contributed by atoms with Crippen molar-refractivity contribution < 1.29 is 9.53 Å². The van der Waals surface area contributed by atoms with Gasteiger partial charge in [-0.2, -0.15) is 5.26 Å². The Hall–Kier alpha value is -2.65. The minimum Gasteiger partial charge on any atom is -0.490 e. The van der Waals surface area contributed by atoms with Crippen LogP contribution in [0.15, 0.2) is 30.6 Å². The van der Waals surface area contributed by atoms with Crippen LogP contribution >= 0.6 is 11.6 Å². The highest BCUT2D eigenvalue weighted by molar-refractivity contribution is 6.31. The molecule has 2 aromatic rings. The molecule has 0 aliphatic heterocycles. The highest BCUT2D eigenvalue weighted by Crippen LogP contribution is 2.26. The van der Waals surface area contributed by atoms with E-state index in [0.717, 1.165) is 24.4 Å². The number of ether oxygens (including phenoxy) is 1. The number of nitrogens with two attached hydrogens (primary N) is 1. The van der Waals surface area contributed by atoms with Gasteiger partial charge in [0.1, 0.15) is 17.6 Å². The van der Waals surface area contributed by atoms with Crippen LogP contribution in [-0.2, 0) is 0 Å². The summed E-state index contributed by atoms with van der Waals surface area (Å²) in [7, 11) is 0. The van der Waals surface area contributed by atoms with Crippen molar-refractivity contribution in [2.45, 2.75) is 58.0 Å². The molecule has 1 aromatic carbocycles. The van der Waals surface area contributed by atoms with Crippen LogP contribution in [0.5, 0.6) is 5.75 Å². The van der Waals surface area contributed by atoms with Gasteiger partial charge in [0.15, 0.2) is 0 Å². The van der Waals surface area contributed by atoms with Gasteiger partial charge < -0.3 is 10.5 Å². The summed E-state index contributed by atoms with van der Waals surface area (Å²) in [6, 6.07) is 7.30. The lowest BCUT2D eigenvalue weighted by molar-refractivity contribution is 0.0999. The highest BCUT2D eigenvalue weighted by atomic mass is 35.5. The van der Waals surface area contributed by atoms with E-state index in [2.05, 4.69) is 9.97 Å². The lowest BCUT2D eigenvalue weighted by atomic mass is 9.98. The number of nitriles is 1. The molecule has 148 valence electrons. The van der Waals surface area contributed by atoms with Gasteiger partial charge in [-0.05, 0) is 37.8 Å². The maximum atomic E-state index is 10.6. The number of carbonyl (C=O) groups is 1. The molecular weight excluding hydrogens is 376 g/mol. The molecule has 0 radical (unpaired) electrons. The van der Waals surface area contributed by atoms with Crippen LogP contribution in [0, 0.1) is 11.3 Å². The van der Waals surface area contributed by atoms with Crippen molar-refractivity contribution in [2.75, 3.05) is 0 Å². The molecule has 1 heterocycles. The van der Waals surface area contributed by atoms with E-state index in [0.29, 0.717) is 22.3 Å². The Labute approximate surface area is 170 Å². The van der Waals surface area contributed by atoms with E-state index in [1.54, 1.807) is 12.1 Å². The zero-order valence-corrected chi connectivity index (χ0v) is 16.9. The van der Waals surface area contributed by atoms with Crippen LogP contribution < -0.4 is 10.5 Å². The fourth-order valence-electron chi connectivity index (χ4n) is 2.80. The number of halogens is 1. The van der Waals surface area contributed by atoms with Gasteiger partial charge >= 0.3 is 0 Å². The summed E-state index contributed by atoms with van der Waals surface area (Å²) in [6.07, 6.45) is 9.26. The smallest absolute Gasteiger partial charge is 0.251 e. The monoisotopic (exact) mass is 400 g/mol. The van der Waals surface area contributed by atoms with Crippen molar-refractivity contribution in [2.24, 2.45) is 5.73 Å². The van der Waals surface area contributed by atoms with Crippen LogP contribution in [0.25, 0.3) is 0 Å². The lowest BCUT2D eigenvalue weighted by Crippen LogP contribution is -2.19. The Kier molecular flexibility index (Phi) is 8.21. The molecule has 1 fully saturated rings. The molecule has 1 aromatic heterocycles. The van der Waals surface area contributed by atoms with E-state index in [1.807, 2.05) is 26.0 Å². The summed E-state index contributed by atoms with van der Waals surface area (Å²) in [5, 5.41) is 9.22. The predicted octanol–water partition coefficient (Wildman–Crippen LogP) is 4.62. The zero-order chi connectivity index (χ0) is 20.5. The quantitative estimate of drug-likeness (QED) is 0.806. The Balaban J connectivity index is 0.000000209. The van der Waals surface area contributed by atoms with Crippen molar-refractivity contribution in [3.05, 3.63) is 52.6 Å². The van der Waals surface area contributed by atoms with E-state index >= 15 is 0 Å². The largest absolute Gasteiger partial charge is 0.490 e. The van der Waals surface area contributed by atoms with E-state index in [9.17, 15) is 4.79 Å². The van der Waals surface area contributed by atoms with E-state index in [-0.39, 0.29) is 5.92 Å². The summed E-state index contributed by atoms with van der Waals surface area (Å²) < 4.78 is 5.84. The number of hydrogen-bond donors (Lipinski definition) is 1. The normalized spacial score (nSPS) is 14.0. The second-order valence-corrected chi connectivity index (χ2v) is 7.39. The molecule has 2 N–H and O–H groups in total. The summed E-state index contributed by atoms with van der Waals surface area (Å²) in [5.74, 6) is 1.27. The molecule has 1 aliphatic rings. The van der Waals surface area contributed by atoms with Crippen LogP contribution in [0.4, 0.5) is 0 Å². The Morgan fingerprint density at radius 1 is 1.25 bits per heavy atom. The van der Waals surface area contributed by atoms with Crippen molar-refractivity contribution in [1.82, 2.24) is 9.97 Å². The molecule has 28 heavy (non-hydrogen) atoms. The lowest BCUT2D eigenvalue weighted by Gasteiger charge is -2.23. The van der Waals surface area contributed by atoms with Gasteiger partial charge in [0, 0.05) is 24.4 Å². The molecule has 6 nitrogen and oxygen atoms in total. The first-order valence-corrected chi connectivity index (χ1v) is 9.76. The summed E-state index contributed by atoms with van der Waals surface area (Å²) in [5.41, 5.74) is 5.87. The molecule has 0 unspecified atom stereocenters. The first-order valence-electron chi connectivity index (χ1n) is 9.38. The molecular formula is C21H25ClN4O2. The van der Waals surface area contributed by atoms with Gasteiger partial charge in [-0.25, -0.2) is 9.97 Å². The molecule has 1 aliphatic carbocycles. The van der Waals surface area contributed by atoms with Crippen LogP contribution in [0.1, 0.15) is 73.6 Å². The van der Waals surface area contributed by atoms with Gasteiger partial charge in [0.25, 0.3) is 5.91 Å². The average molecular weight is 401 g/mol. The fraction of sp³-hybridized carbons (Fsp3) is 0.429. The van der Waals surface area contributed by atoms with E-state index in [4.69, 9.17) is 27.3 Å². The van der Waals surface area contributed by atoms with Gasteiger partial charge in [0.2, 0.25) is 0 Å². The second kappa shape index (κ2) is 10.6. The maximum absolute atomic E-state index is 10.6. The Morgan fingerprint density at radius 3 is 2.39 bits per heavy atom. The fourth-order valence-corrected chi connectivity index (χ4v) is 3.01. The van der Waals surface area contributed by atoms with Crippen LogP contribution in [0.3, 0.4) is 0 Å². The van der Waals surface area contributed by atoms with E-state index in [1.165, 1.54) is 31.7 Å². The Morgan fingerprint density at radius 2 is 1.89 bits per heavy atom. The summed E-state index contributed by atoms with van der Waals surface area (Å²) in [6.45, 7) is 3.97. The van der Waals surface area contributed by atoms with Crippen LogP contribution in [-0.4, -0.2) is 22.0 Å². The third kappa shape index (κ3) is 6.50. The molecule has 0 saturated heterocycles. The van der Waals surface area contributed by atoms with Crippen molar-refractivity contribution in [3.8, 4) is 11.8 Å². The van der Waals surface area contributed by atoms with Gasteiger partial charge in [-0.15, -0.1) is 0 Å². The number of primary amides is 1. The molecule has 3 rings (SSSR count). The van der Waals surface area contributed by atoms with Gasteiger partial charge in [-0.1, -0.05) is 31.9 Å². The van der Waals surface area contributed by atoms with Crippen molar-refractivity contribution in [3.63, 3.8) is 0 Å². The number of aromatic nitrogens is 2. The molecule has 0 atom stereocenters. The van der Waals surface area contributed by atoms with Crippen LogP contribution in [0.2, 0.25) is 5.02 Å². The number of rotatable bonds is 4. The number of hydrogen-bond acceptors (Lipinski definition) is 5. The van der Waals surface area contributed by atoms with Crippen molar-refractivity contribution in [1.29, 1.82) is 5.26 Å². The molecule has 0 bridgehead atoms. The van der Waals surface area contributed by atoms with Crippen molar-refractivity contribution >= 4 is 17.5 Å². The Bertz CT molecular complexity index is 825. The minimum absolute atomic E-state index is 0.270. The average Bonchev–Trinajstić information content (AvgIpc) is 2.69. The number of carbonyl (C=O) groups excluding carboxylic acids is 1. The third-order valence-electron chi connectivity index (χ3n) is 4.39. The summed E-state index contributed by atoms with van der Waals surface area (Å²) in [4.78, 5) is 18.6. The number of benzene rings is 1. The molecule has 1 saturated carbocycles. The predicted molar refractivity (Wildman–Crippen MR) is 108 cm³/mol. The first-order chi connectivity index (χ1) is 13.4. The first kappa shape index (κ1) is 21.6. The third-order valence-corrected chi connectivity index (χ3v) is 4.70. The number of nitrogens with zero attached hydrogens (tertiary/aromatic N) is 3. The number of amides is 1. The standard InChI is InChI=1S/C13H14ClNO.C8H11N3O/c14-13-8-12(7-6-10(13)9-15)16-11-4-2-1-3-5-11;1-5(2)8-10-3-6(4-11-8)7(9)12/h6-8,11H,1-5H2;3-5H,1-2H3,(H2,9,12). The van der Waals surface area contributed by atoms with E-state index < -0.39 is 5.91 Å². The molecule has 0 spiro atoms. The maximum Gasteiger partial charge on any atom is 0.251 e. The minimum atomic E-state index is -0.495. The molecule has 7 heteroatoms. The van der Waals surface area contributed by atoms with Gasteiger partial charge in [0.05, 0.1) is 22.3 Å². The van der Waals surface area contributed by atoms with Gasteiger partial charge in [-0.3, -0.25) is 4.79 Å². The second-order valence-electron chi connectivity index (χ2n) is 6.98. The topological polar surface area (TPSA) is 102 Å². The highest BCUT2D eigenvalue weighted by Gasteiger charge is 2.15. The SMILES string of the molecule is CC(C)c1ncc(C(N)=O)cn1.N#Cc1ccc(OC2CCCCC2)cc1Cl.